The van der Waals surface area contributed by atoms with Crippen LogP contribution in [-0.4, -0.2) is 19.9 Å². The van der Waals surface area contributed by atoms with E-state index in [0.29, 0.717) is 0 Å². The zero-order valence-electron chi connectivity index (χ0n) is 21.9. The van der Waals surface area contributed by atoms with Gasteiger partial charge in [0, 0.05) is 30.2 Å². The van der Waals surface area contributed by atoms with Gasteiger partial charge in [-0.2, -0.15) is 0 Å². The minimum absolute atomic E-state index is 0.810. The summed E-state index contributed by atoms with van der Waals surface area (Å²) in [6.07, 6.45) is 6.88. The van der Waals surface area contributed by atoms with Gasteiger partial charge < -0.3 is 0 Å². The average Bonchev–Trinajstić information content (AvgIpc) is 2.82. The van der Waals surface area contributed by atoms with E-state index in [9.17, 15) is 0 Å². The van der Waals surface area contributed by atoms with E-state index in [2.05, 4.69) is 61.5 Å². The van der Waals surface area contributed by atoms with Crippen molar-refractivity contribution >= 4 is 22.1 Å². The van der Waals surface area contributed by atoms with Crippen LogP contribution in [0, 0.1) is 11.8 Å². The first-order chi connectivity index (χ1) is 15.4. The highest BCUT2D eigenvalue weighted by atomic mass is 14.8. The van der Waals surface area contributed by atoms with Crippen LogP contribution in [0.5, 0.6) is 0 Å². The lowest BCUT2D eigenvalue weighted by molar-refractivity contribution is 0.736. The fourth-order valence-corrected chi connectivity index (χ4v) is 1.82. The Morgan fingerprint density at radius 2 is 0.812 bits per heavy atom. The summed E-state index contributed by atoms with van der Waals surface area (Å²) >= 11 is 0. The molecular formula is C28H44N4. The third-order valence-corrected chi connectivity index (χ3v) is 2.75. The van der Waals surface area contributed by atoms with Gasteiger partial charge in [-0.15, -0.1) is 0 Å². The summed E-state index contributed by atoms with van der Waals surface area (Å²) in [7, 11) is 0. The van der Waals surface area contributed by atoms with Crippen LogP contribution in [0.25, 0.3) is 22.1 Å². The SMILES string of the molecule is CC.CC.CC(C)C.CC(C)C.c1ccc2nccnc2c1.c1cnc2ncccc2c1. The van der Waals surface area contributed by atoms with Crippen LogP contribution >= 0.6 is 0 Å². The maximum Gasteiger partial charge on any atom is 0.159 e. The fourth-order valence-electron chi connectivity index (χ4n) is 1.82. The number of aromatic nitrogens is 4. The highest BCUT2D eigenvalue weighted by molar-refractivity contribution is 5.73. The van der Waals surface area contributed by atoms with Gasteiger partial charge in [-0.25, -0.2) is 9.97 Å². The Kier molecular flexibility index (Phi) is 20.9. The van der Waals surface area contributed by atoms with Crippen LogP contribution in [0.2, 0.25) is 0 Å². The molecule has 0 radical (unpaired) electrons. The molecule has 4 nitrogen and oxygen atoms in total. The fraction of sp³-hybridized carbons (Fsp3) is 0.429. The quantitative estimate of drug-likeness (QED) is 0.277. The van der Waals surface area contributed by atoms with E-state index < -0.39 is 0 Å². The summed E-state index contributed by atoms with van der Waals surface area (Å²) in [5.74, 6) is 1.67. The van der Waals surface area contributed by atoms with Crippen LogP contribution in [0.15, 0.2) is 73.3 Å². The first kappa shape index (κ1) is 31.3. The van der Waals surface area contributed by atoms with Gasteiger partial charge in [0.1, 0.15) is 0 Å². The third kappa shape index (κ3) is 16.9. The lowest BCUT2D eigenvalue weighted by Crippen LogP contribution is -1.78. The van der Waals surface area contributed by atoms with Crippen molar-refractivity contribution in [2.45, 2.75) is 69.2 Å². The van der Waals surface area contributed by atoms with Gasteiger partial charge >= 0.3 is 0 Å². The molecule has 0 bridgehead atoms. The molecule has 4 rings (SSSR count). The molecule has 3 aromatic heterocycles. The zero-order chi connectivity index (χ0) is 24.8. The van der Waals surface area contributed by atoms with Gasteiger partial charge in [-0.1, -0.05) is 81.4 Å². The molecule has 0 spiro atoms. The predicted molar refractivity (Wildman–Crippen MR) is 143 cm³/mol. The molecule has 0 unspecified atom stereocenters. The lowest BCUT2D eigenvalue weighted by atomic mass is 10.3. The molecule has 32 heavy (non-hydrogen) atoms. The van der Waals surface area contributed by atoms with Crippen LogP contribution in [0.4, 0.5) is 0 Å². The summed E-state index contributed by atoms with van der Waals surface area (Å²) in [6.45, 7) is 21.0. The Hall–Kier alpha value is -2.88. The Bertz CT molecular complexity index is 707. The van der Waals surface area contributed by atoms with E-state index in [1.165, 1.54) is 0 Å². The van der Waals surface area contributed by atoms with Crippen molar-refractivity contribution in [3.8, 4) is 0 Å². The highest BCUT2D eigenvalue weighted by Crippen LogP contribution is 2.05. The number of benzene rings is 1. The number of hydrogen-bond acceptors (Lipinski definition) is 4. The Morgan fingerprint density at radius 3 is 1.12 bits per heavy atom. The Labute approximate surface area is 196 Å². The molecule has 1 aromatic carbocycles. The molecule has 0 aliphatic heterocycles. The summed E-state index contributed by atoms with van der Waals surface area (Å²) in [5.41, 5.74) is 2.71. The average molecular weight is 437 g/mol. The molecular weight excluding hydrogens is 392 g/mol. The van der Waals surface area contributed by atoms with Crippen LogP contribution < -0.4 is 0 Å². The van der Waals surface area contributed by atoms with Crippen LogP contribution in [0.3, 0.4) is 0 Å². The summed E-state index contributed by atoms with van der Waals surface area (Å²) in [6, 6.07) is 15.6. The Balaban J connectivity index is 0. The molecule has 0 saturated carbocycles. The van der Waals surface area contributed by atoms with E-state index in [-0.39, 0.29) is 0 Å². The largest absolute Gasteiger partial charge is 0.253 e. The van der Waals surface area contributed by atoms with E-state index in [4.69, 9.17) is 0 Å². The normalized spacial score (nSPS) is 8.88. The second-order valence-electron chi connectivity index (χ2n) is 7.56. The lowest BCUT2D eigenvalue weighted by Gasteiger charge is -1.90. The van der Waals surface area contributed by atoms with E-state index in [1.54, 1.807) is 24.8 Å². The molecule has 0 amide bonds. The van der Waals surface area contributed by atoms with Gasteiger partial charge in [0.15, 0.2) is 5.65 Å². The molecule has 4 aromatic rings. The smallest absolute Gasteiger partial charge is 0.159 e. The van der Waals surface area contributed by atoms with Crippen molar-refractivity contribution in [1.29, 1.82) is 0 Å². The van der Waals surface area contributed by atoms with Crippen LogP contribution in [0.1, 0.15) is 69.2 Å². The van der Waals surface area contributed by atoms with Crippen molar-refractivity contribution in [1.82, 2.24) is 19.9 Å². The minimum atomic E-state index is 0.810. The van der Waals surface area contributed by atoms with Gasteiger partial charge in [0.2, 0.25) is 0 Å². The first-order valence-corrected chi connectivity index (χ1v) is 11.7. The molecule has 0 aliphatic rings. The van der Waals surface area contributed by atoms with Crippen molar-refractivity contribution in [2.24, 2.45) is 11.8 Å². The summed E-state index contributed by atoms with van der Waals surface area (Å²) < 4.78 is 0. The van der Waals surface area contributed by atoms with E-state index in [1.807, 2.05) is 76.2 Å². The standard InChI is InChI=1S/2C8H6N2.2C4H10.2C2H6/c1-3-7-4-2-6-10-8(7)9-5-1;1-2-4-8-7(3-1)9-5-6-10-8;2*1-4(2)3;2*1-2/h2*1-6H;2*4H,1-3H3;2*1-2H3. The highest BCUT2D eigenvalue weighted by Gasteiger charge is 1.89. The second kappa shape index (κ2) is 21.4. The third-order valence-electron chi connectivity index (χ3n) is 2.75. The van der Waals surface area contributed by atoms with Crippen molar-refractivity contribution < 1.29 is 0 Å². The first-order valence-electron chi connectivity index (χ1n) is 11.7. The minimum Gasteiger partial charge on any atom is -0.253 e. The summed E-state index contributed by atoms with van der Waals surface area (Å²) in [4.78, 5) is 16.4. The second-order valence-corrected chi connectivity index (χ2v) is 7.56. The molecule has 0 aliphatic carbocycles. The molecule has 0 fully saturated rings. The van der Waals surface area contributed by atoms with E-state index in [0.717, 1.165) is 33.9 Å². The van der Waals surface area contributed by atoms with Crippen molar-refractivity contribution in [3.63, 3.8) is 0 Å². The van der Waals surface area contributed by atoms with Gasteiger partial charge in [-0.05, 0) is 48.2 Å². The molecule has 176 valence electrons. The predicted octanol–water partition coefficient (Wildman–Crippen LogP) is 8.64. The Morgan fingerprint density at radius 1 is 0.469 bits per heavy atom. The number of hydrogen-bond donors (Lipinski definition) is 0. The monoisotopic (exact) mass is 436 g/mol. The maximum absolute atomic E-state index is 4.12. The molecule has 0 atom stereocenters. The van der Waals surface area contributed by atoms with Crippen molar-refractivity contribution in [3.05, 3.63) is 73.3 Å². The van der Waals surface area contributed by atoms with E-state index >= 15 is 0 Å². The molecule has 4 heteroatoms. The molecule has 3 heterocycles. The number of nitrogens with zero attached hydrogens (tertiary/aromatic N) is 4. The van der Waals surface area contributed by atoms with Gasteiger partial charge in [-0.3, -0.25) is 9.97 Å². The van der Waals surface area contributed by atoms with Gasteiger partial charge in [0.25, 0.3) is 0 Å². The maximum atomic E-state index is 4.12. The molecule has 0 saturated heterocycles. The number of pyridine rings is 2. The number of rotatable bonds is 0. The number of fused-ring (bicyclic) bond motifs is 2. The zero-order valence-corrected chi connectivity index (χ0v) is 21.9. The topological polar surface area (TPSA) is 51.6 Å². The van der Waals surface area contributed by atoms with Crippen molar-refractivity contribution in [2.75, 3.05) is 0 Å². The molecule has 0 N–H and O–H groups in total. The summed E-state index contributed by atoms with van der Waals surface area (Å²) in [5, 5.41) is 1.09. The number of para-hydroxylation sites is 2. The van der Waals surface area contributed by atoms with Crippen LogP contribution in [-0.2, 0) is 0 Å². The van der Waals surface area contributed by atoms with Gasteiger partial charge in [0.05, 0.1) is 11.0 Å².